The highest BCUT2D eigenvalue weighted by Crippen LogP contribution is 2.19. The van der Waals surface area contributed by atoms with E-state index in [1.54, 1.807) is 0 Å². The van der Waals surface area contributed by atoms with Gasteiger partial charge in [0.1, 0.15) is 0 Å². The molecule has 27 heavy (non-hydrogen) atoms. The lowest BCUT2D eigenvalue weighted by Gasteiger charge is -2.33. The third-order valence-electron chi connectivity index (χ3n) is 5.04. The summed E-state index contributed by atoms with van der Waals surface area (Å²) in [5.74, 6) is 0.838. The largest absolute Gasteiger partial charge is 0.469 e. The number of esters is 1. The van der Waals surface area contributed by atoms with E-state index in [2.05, 4.69) is 58.2 Å². The quantitative estimate of drug-likeness (QED) is 0.289. The minimum Gasteiger partial charge on any atom is -0.469 e. The van der Waals surface area contributed by atoms with E-state index >= 15 is 0 Å². The van der Waals surface area contributed by atoms with Gasteiger partial charge in [0.15, 0.2) is 5.96 Å². The maximum absolute atomic E-state index is 11.7. The number of carbonyl (C=O) groups is 1. The molecule has 0 amide bonds. The maximum atomic E-state index is 11.7. The summed E-state index contributed by atoms with van der Waals surface area (Å²) in [6.07, 6.45) is 1.63. The number of aliphatic imine (C=N–C) groups is 1. The molecule has 0 unspecified atom stereocenters. The van der Waals surface area contributed by atoms with Gasteiger partial charge in [0.25, 0.3) is 0 Å². The molecule has 1 saturated heterocycles. The third-order valence-corrected chi connectivity index (χ3v) is 5.04. The number of likely N-dealkylation sites (tertiary alicyclic amines) is 1. The second kappa shape index (κ2) is 12.0. The lowest BCUT2D eigenvalue weighted by atomic mass is 9.97. The van der Waals surface area contributed by atoms with Crippen LogP contribution in [0.2, 0.25) is 0 Å². The van der Waals surface area contributed by atoms with Crippen molar-refractivity contribution in [1.82, 2.24) is 10.2 Å². The number of carbonyl (C=O) groups excluding carboxylic acids is 1. The average molecular weight is 488 g/mol. The Balaban J connectivity index is 0.00000364. The molecule has 0 radical (unpaired) electrons. The third kappa shape index (κ3) is 6.55. The second-order valence-electron chi connectivity index (χ2n) is 6.62. The van der Waals surface area contributed by atoms with Gasteiger partial charge in [0.05, 0.1) is 13.0 Å². The molecule has 0 spiro atoms. The van der Waals surface area contributed by atoms with Crippen molar-refractivity contribution < 1.29 is 9.53 Å². The van der Waals surface area contributed by atoms with E-state index in [4.69, 9.17) is 4.74 Å². The van der Waals surface area contributed by atoms with Crippen molar-refractivity contribution in [1.29, 1.82) is 0 Å². The number of anilines is 1. The molecular weight excluding hydrogens is 455 g/mol. The van der Waals surface area contributed by atoms with Gasteiger partial charge in [0, 0.05) is 45.5 Å². The standard InChI is InChI=1S/C20H32N4O2.HI/c1-5-23(18-9-7-6-8-16(18)2)15-12-22-20(21-3)24-13-10-17(11-14-24)19(25)26-4;/h6-9,17H,5,10-15H2,1-4H3,(H,21,22);1H. The molecule has 6 nitrogen and oxygen atoms in total. The Kier molecular flexibility index (Phi) is 10.5. The topological polar surface area (TPSA) is 57.2 Å². The Morgan fingerprint density at radius 2 is 2.00 bits per heavy atom. The SMILES string of the molecule is CCN(CCNC(=NC)N1CCC(C(=O)OC)CC1)c1ccccc1C.I. The first kappa shape index (κ1) is 23.5. The Morgan fingerprint density at radius 1 is 1.33 bits per heavy atom. The maximum Gasteiger partial charge on any atom is 0.308 e. The summed E-state index contributed by atoms with van der Waals surface area (Å²) in [6, 6.07) is 8.48. The van der Waals surface area contributed by atoms with Crippen LogP contribution in [0.1, 0.15) is 25.3 Å². The van der Waals surface area contributed by atoms with Crippen molar-refractivity contribution in [3.05, 3.63) is 29.8 Å². The van der Waals surface area contributed by atoms with Gasteiger partial charge in [-0.3, -0.25) is 9.79 Å². The zero-order chi connectivity index (χ0) is 18.9. The van der Waals surface area contributed by atoms with E-state index in [0.717, 1.165) is 51.5 Å². The van der Waals surface area contributed by atoms with Crippen LogP contribution in [0, 0.1) is 12.8 Å². The fourth-order valence-corrected chi connectivity index (χ4v) is 3.50. The molecule has 7 heteroatoms. The number of benzene rings is 1. The number of guanidine groups is 1. The summed E-state index contributed by atoms with van der Waals surface area (Å²) in [5, 5.41) is 3.47. The summed E-state index contributed by atoms with van der Waals surface area (Å²) in [6.45, 7) is 8.69. The normalized spacial score (nSPS) is 15.1. The van der Waals surface area contributed by atoms with Crippen LogP contribution in [-0.4, -0.2) is 63.7 Å². The number of aryl methyl sites for hydroxylation is 1. The molecule has 0 atom stereocenters. The molecule has 1 N–H and O–H groups in total. The van der Waals surface area contributed by atoms with Crippen molar-refractivity contribution in [3.8, 4) is 0 Å². The molecule has 1 aliphatic heterocycles. The Labute approximate surface area is 180 Å². The van der Waals surface area contributed by atoms with Gasteiger partial charge in [-0.25, -0.2) is 0 Å². The number of methoxy groups -OCH3 is 1. The number of rotatable bonds is 6. The van der Waals surface area contributed by atoms with Crippen molar-refractivity contribution >= 4 is 41.6 Å². The average Bonchev–Trinajstić information content (AvgIpc) is 2.68. The number of nitrogens with zero attached hydrogens (tertiary/aromatic N) is 3. The summed E-state index contributed by atoms with van der Waals surface area (Å²) in [7, 11) is 3.27. The van der Waals surface area contributed by atoms with E-state index in [0.29, 0.717) is 0 Å². The summed E-state index contributed by atoms with van der Waals surface area (Å²) in [5.41, 5.74) is 2.58. The smallest absolute Gasteiger partial charge is 0.308 e. The van der Waals surface area contributed by atoms with Gasteiger partial charge in [-0.1, -0.05) is 18.2 Å². The van der Waals surface area contributed by atoms with Crippen LogP contribution in [0.5, 0.6) is 0 Å². The molecule has 152 valence electrons. The predicted molar refractivity (Wildman–Crippen MR) is 122 cm³/mol. The van der Waals surface area contributed by atoms with E-state index in [1.807, 2.05) is 7.05 Å². The van der Waals surface area contributed by atoms with Gasteiger partial charge in [-0.15, -0.1) is 24.0 Å². The van der Waals surface area contributed by atoms with E-state index in [-0.39, 0.29) is 35.9 Å². The first-order valence-electron chi connectivity index (χ1n) is 9.44. The number of para-hydroxylation sites is 1. The number of hydrogen-bond acceptors (Lipinski definition) is 4. The molecule has 2 rings (SSSR count). The van der Waals surface area contributed by atoms with E-state index in [9.17, 15) is 4.79 Å². The Morgan fingerprint density at radius 3 is 2.56 bits per heavy atom. The van der Waals surface area contributed by atoms with Gasteiger partial charge in [0.2, 0.25) is 0 Å². The van der Waals surface area contributed by atoms with Crippen molar-refractivity contribution in [3.63, 3.8) is 0 Å². The Bertz CT molecular complexity index is 616. The molecule has 1 aromatic carbocycles. The molecule has 0 aliphatic carbocycles. The minimum atomic E-state index is -0.0931. The highest BCUT2D eigenvalue weighted by atomic mass is 127. The molecule has 1 heterocycles. The monoisotopic (exact) mass is 488 g/mol. The van der Waals surface area contributed by atoms with Crippen molar-refractivity contribution in [2.75, 3.05) is 51.8 Å². The molecule has 1 aliphatic rings. The molecule has 1 fully saturated rings. The lowest BCUT2D eigenvalue weighted by Crippen LogP contribution is -2.48. The predicted octanol–water partition coefficient (Wildman–Crippen LogP) is 2.90. The fourth-order valence-electron chi connectivity index (χ4n) is 3.50. The molecular formula is C20H33IN4O2. The first-order chi connectivity index (χ1) is 12.6. The fraction of sp³-hybridized carbons (Fsp3) is 0.600. The van der Waals surface area contributed by atoms with Crippen LogP contribution in [0.3, 0.4) is 0 Å². The zero-order valence-corrected chi connectivity index (χ0v) is 19.2. The highest BCUT2D eigenvalue weighted by Gasteiger charge is 2.26. The van der Waals surface area contributed by atoms with Crippen molar-refractivity contribution in [2.45, 2.75) is 26.7 Å². The van der Waals surface area contributed by atoms with Crippen molar-refractivity contribution in [2.24, 2.45) is 10.9 Å². The molecule has 0 bridgehead atoms. The molecule has 0 saturated carbocycles. The highest BCUT2D eigenvalue weighted by molar-refractivity contribution is 14.0. The summed E-state index contributed by atoms with van der Waals surface area (Å²) in [4.78, 5) is 20.7. The molecule has 1 aromatic rings. The first-order valence-corrected chi connectivity index (χ1v) is 9.44. The van der Waals surface area contributed by atoms with Crippen LogP contribution in [-0.2, 0) is 9.53 Å². The summed E-state index contributed by atoms with van der Waals surface area (Å²) < 4.78 is 4.86. The zero-order valence-electron chi connectivity index (χ0n) is 16.9. The number of likely N-dealkylation sites (N-methyl/N-ethyl adjacent to an activating group) is 1. The number of nitrogens with one attached hydrogen (secondary N) is 1. The number of hydrogen-bond donors (Lipinski definition) is 1. The van der Waals surface area contributed by atoms with Crippen LogP contribution in [0.4, 0.5) is 5.69 Å². The van der Waals surface area contributed by atoms with Gasteiger partial charge < -0.3 is 19.9 Å². The number of halogens is 1. The minimum absolute atomic E-state index is 0. The Hall–Kier alpha value is -1.51. The number of ether oxygens (including phenoxy) is 1. The van der Waals surface area contributed by atoms with E-state index in [1.165, 1.54) is 18.4 Å². The summed E-state index contributed by atoms with van der Waals surface area (Å²) >= 11 is 0. The second-order valence-corrected chi connectivity index (χ2v) is 6.62. The molecule has 0 aromatic heterocycles. The van der Waals surface area contributed by atoms with Crippen LogP contribution >= 0.6 is 24.0 Å². The van der Waals surface area contributed by atoms with Crippen LogP contribution in [0.15, 0.2) is 29.3 Å². The van der Waals surface area contributed by atoms with E-state index < -0.39 is 0 Å². The van der Waals surface area contributed by atoms with Gasteiger partial charge >= 0.3 is 5.97 Å². The number of piperidine rings is 1. The lowest BCUT2D eigenvalue weighted by molar-refractivity contribution is -0.146. The van der Waals surface area contributed by atoms with Crippen LogP contribution in [0.25, 0.3) is 0 Å². The van der Waals surface area contributed by atoms with Gasteiger partial charge in [-0.05, 0) is 38.3 Å². The van der Waals surface area contributed by atoms with Crippen LogP contribution < -0.4 is 10.2 Å². The van der Waals surface area contributed by atoms with Gasteiger partial charge in [-0.2, -0.15) is 0 Å².